The number of hydrogen-bond donors (Lipinski definition) is 3. The summed E-state index contributed by atoms with van der Waals surface area (Å²) in [7, 11) is 1.53. The Balaban J connectivity index is 1.59. The molecule has 1 fully saturated rings. The predicted octanol–water partition coefficient (Wildman–Crippen LogP) is 6.23. The molecule has 0 bridgehead atoms. The molecule has 2 aromatic carbocycles. The van der Waals surface area contributed by atoms with Gasteiger partial charge in [0.1, 0.15) is 23.3 Å². The molecule has 1 aliphatic rings. The number of aromatic carboxylic acids is 1. The Morgan fingerprint density at radius 1 is 1.18 bits per heavy atom. The maximum atomic E-state index is 12.0. The number of anilines is 2. The number of rotatable bonds is 8. The van der Waals surface area contributed by atoms with E-state index in [1.807, 2.05) is 35.2 Å². The average Bonchev–Trinajstić information content (AvgIpc) is 3.58. The van der Waals surface area contributed by atoms with E-state index >= 15 is 0 Å². The largest absolute Gasteiger partial charge is 0.494 e. The summed E-state index contributed by atoms with van der Waals surface area (Å²) in [6.07, 6.45) is 2.04. The number of thiocarbonyl (C=S) groups is 1. The molecular weight excluding hydrogens is 552 g/mol. The Morgan fingerprint density at radius 3 is 2.70 bits per heavy atom. The molecule has 2 aromatic heterocycles. The topological polar surface area (TPSA) is 117 Å². The first-order valence-corrected chi connectivity index (χ1v) is 13.2. The van der Waals surface area contributed by atoms with Crippen molar-refractivity contribution in [2.75, 3.05) is 17.3 Å². The Labute approximate surface area is 240 Å². The maximum Gasteiger partial charge on any atom is 0.335 e. The van der Waals surface area contributed by atoms with Gasteiger partial charge in [0, 0.05) is 29.9 Å². The molecule has 1 amide bonds. The molecule has 2 unspecified atom stereocenters. The first-order chi connectivity index (χ1) is 19.3. The van der Waals surface area contributed by atoms with Crippen LogP contribution >= 0.6 is 23.8 Å². The van der Waals surface area contributed by atoms with Gasteiger partial charge in [0.15, 0.2) is 5.11 Å². The number of carboxylic acids is 1. The minimum atomic E-state index is -1.07. The molecule has 4 aromatic rings. The van der Waals surface area contributed by atoms with Crippen LogP contribution in [-0.2, 0) is 4.79 Å². The zero-order chi connectivity index (χ0) is 28.4. The van der Waals surface area contributed by atoms with Crippen LogP contribution < -0.4 is 20.3 Å². The number of furan rings is 1. The van der Waals surface area contributed by atoms with E-state index < -0.39 is 12.0 Å². The number of pyridine rings is 1. The second kappa shape index (κ2) is 11.4. The lowest BCUT2D eigenvalue weighted by molar-refractivity contribution is -0.115. The lowest BCUT2D eigenvalue weighted by Crippen LogP contribution is -2.29. The van der Waals surface area contributed by atoms with Gasteiger partial charge in [-0.3, -0.25) is 9.78 Å². The van der Waals surface area contributed by atoms with Crippen molar-refractivity contribution in [2.24, 2.45) is 0 Å². The minimum Gasteiger partial charge on any atom is -0.494 e. The van der Waals surface area contributed by atoms with E-state index in [4.69, 9.17) is 33.0 Å². The fourth-order valence-corrected chi connectivity index (χ4v) is 5.15. The second-order valence-electron chi connectivity index (χ2n) is 8.98. The summed E-state index contributed by atoms with van der Waals surface area (Å²) in [4.78, 5) is 30.0. The SMILES string of the molecule is CCC(=O)Nc1ccc(N2C(=S)NC(c3ccccn3)C2c2ccc(-c3cc(C(=O)O)ccc3Cl)o2)cc1OC. The van der Waals surface area contributed by atoms with E-state index in [1.54, 1.807) is 31.3 Å². The number of nitrogens with zero attached hydrogens (tertiary/aromatic N) is 2. The van der Waals surface area contributed by atoms with Gasteiger partial charge >= 0.3 is 5.97 Å². The number of aromatic nitrogens is 1. The molecule has 204 valence electrons. The number of benzene rings is 2. The summed E-state index contributed by atoms with van der Waals surface area (Å²) in [6.45, 7) is 1.77. The molecule has 3 N–H and O–H groups in total. The van der Waals surface area contributed by atoms with Crippen molar-refractivity contribution in [1.82, 2.24) is 10.3 Å². The fraction of sp³-hybridized carbons (Fsp3) is 0.172. The lowest BCUT2D eigenvalue weighted by Gasteiger charge is -2.27. The van der Waals surface area contributed by atoms with Crippen LogP contribution in [0, 0.1) is 0 Å². The fourth-order valence-electron chi connectivity index (χ4n) is 4.60. The van der Waals surface area contributed by atoms with Gasteiger partial charge in [-0.1, -0.05) is 24.6 Å². The van der Waals surface area contributed by atoms with Crippen molar-refractivity contribution in [3.63, 3.8) is 0 Å². The Kier molecular flexibility index (Phi) is 7.72. The molecule has 9 nitrogen and oxygen atoms in total. The van der Waals surface area contributed by atoms with Crippen molar-refractivity contribution in [3.05, 3.63) is 95.0 Å². The number of methoxy groups -OCH3 is 1. The number of carbonyl (C=O) groups is 2. The number of amides is 1. The van der Waals surface area contributed by atoms with E-state index in [0.717, 1.165) is 5.69 Å². The highest BCUT2D eigenvalue weighted by atomic mass is 35.5. The van der Waals surface area contributed by atoms with Crippen molar-refractivity contribution >= 4 is 52.2 Å². The van der Waals surface area contributed by atoms with Crippen LogP contribution in [0.1, 0.15) is 47.2 Å². The van der Waals surface area contributed by atoms with Crippen LogP contribution in [-0.4, -0.2) is 34.2 Å². The van der Waals surface area contributed by atoms with Crippen LogP contribution in [0.3, 0.4) is 0 Å². The highest BCUT2D eigenvalue weighted by molar-refractivity contribution is 7.80. The van der Waals surface area contributed by atoms with Gasteiger partial charge in [0.05, 0.1) is 35.1 Å². The highest BCUT2D eigenvalue weighted by Crippen LogP contribution is 2.45. The minimum absolute atomic E-state index is 0.0939. The summed E-state index contributed by atoms with van der Waals surface area (Å²) in [5, 5.41) is 16.5. The third kappa shape index (κ3) is 5.23. The summed E-state index contributed by atoms with van der Waals surface area (Å²) < 4.78 is 11.9. The van der Waals surface area contributed by atoms with Crippen LogP contribution in [0.25, 0.3) is 11.3 Å². The highest BCUT2D eigenvalue weighted by Gasteiger charge is 2.43. The molecule has 11 heteroatoms. The van der Waals surface area contributed by atoms with E-state index in [-0.39, 0.29) is 17.5 Å². The number of hydrogen-bond acceptors (Lipinski definition) is 6. The van der Waals surface area contributed by atoms with Gasteiger partial charge in [-0.2, -0.15) is 0 Å². The maximum absolute atomic E-state index is 12.0. The first-order valence-electron chi connectivity index (χ1n) is 12.4. The van der Waals surface area contributed by atoms with Gasteiger partial charge < -0.3 is 29.8 Å². The number of halogens is 1. The molecule has 1 aliphatic heterocycles. The third-order valence-electron chi connectivity index (χ3n) is 6.55. The van der Waals surface area contributed by atoms with Gasteiger partial charge in [-0.25, -0.2) is 4.79 Å². The number of carbonyl (C=O) groups excluding carboxylic acids is 1. The molecule has 40 heavy (non-hydrogen) atoms. The molecule has 0 saturated carbocycles. The van der Waals surface area contributed by atoms with E-state index in [9.17, 15) is 14.7 Å². The van der Waals surface area contributed by atoms with E-state index in [2.05, 4.69) is 15.6 Å². The van der Waals surface area contributed by atoms with E-state index in [1.165, 1.54) is 25.3 Å². The van der Waals surface area contributed by atoms with Crippen molar-refractivity contribution in [2.45, 2.75) is 25.4 Å². The summed E-state index contributed by atoms with van der Waals surface area (Å²) in [5.41, 5.74) is 2.55. The Morgan fingerprint density at radius 2 is 2.00 bits per heavy atom. The Hall–Kier alpha value is -4.41. The van der Waals surface area contributed by atoms with E-state index in [0.29, 0.717) is 50.8 Å². The molecule has 0 spiro atoms. The van der Waals surface area contributed by atoms with Gasteiger partial charge in [0.2, 0.25) is 5.91 Å². The quantitative estimate of drug-likeness (QED) is 0.210. The third-order valence-corrected chi connectivity index (χ3v) is 7.20. The van der Waals surface area contributed by atoms with Gasteiger partial charge in [-0.15, -0.1) is 0 Å². The zero-order valence-electron chi connectivity index (χ0n) is 21.6. The summed E-state index contributed by atoms with van der Waals surface area (Å²) >= 11 is 12.2. The summed E-state index contributed by atoms with van der Waals surface area (Å²) in [5.74, 6) is 0.239. The lowest BCUT2D eigenvalue weighted by atomic mass is 10.0. The van der Waals surface area contributed by atoms with Crippen molar-refractivity contribution in [1.29, 1.82) is 0 Å². The molecule has 3 heterocycles. The molecule has 0 radical (unpaired) electrons. The van der Waals surface area contributed by atoms with Gasteiger partial charge in [-0.05, 0) is 66.8 Å². The molecule has 1 saturated heterocycles. The smallest absolute Gasteiger partial charge is 0.335 e. The number of carboxylic acid groups (broad SMARTS) is 1. The number of nitrogens with one attached hydrogen (secondary N) is 2. The standard InChI is InChI=1S/C29H25ClN4O5S/c1-3-25(35)32-20-10-8-17(15-24(20)38-2)34-27(26(33-29(34)40)21-6-4-5-13-31-21)23-12-11-22(39-23)18-14-16(28(36)37)7-9-19(18)30/h4-15,26-27H,3H2,1-2H3,(H,32,35)(H,33,40)(H,36,37). The zero-order valence-corrected chi connectivity index (χ0v) is 23.1. The molecule has 0 aliphatic carbocycles. The van der Waals surface area contributed by atoms with Crippen LogP contribution in [0.2, 0.25) is 5.02 Å². The monoisotopic (exact) mass is 576 g/mol. The molecule has 5 rings (SSSR count). The van der Waals surface area contributed by atoms with Crippen LogP contribution in [0.15, 0.2) is 77.3 Å². The summed E-state index contributed by atoms with van der Waals surface area (Å²) in [6, 6.07) is 18.2. The van der Waals surface area contributed by atoms with Crippen molar-refractivity contribution < 1.29 is 23.8 Å². The normalized spacial score (nSPS) is 16.5. The van der Waals surface area contributed by atoms with Crippen LogP contribution in [0.4, 0.5) is 11.4 Å². The molecule has 2 atom stereocenters. The van der Waals surface area contributed by atoms with Crippen LogP contribution in [0.5, 0.6) is 5.75 Å². The predicted molar refractivity (Wildman–Crippen MR) is 156 cm³/mol. The van der Waals surface area contributed by atoms with Gasteiger partial charge in [0.25, 0.3) is 0 Å². The average molecular weight is 577 g/mol. The Bertz CT molecular complexity index is 1590. The second-order valence-corrected chi connectivity index (χ2v) is 9.78. The first kappa shape index (κ1) is 27.2. The number of ether oxygens (including phenoxy) is 1. The molecular formula is C29H25ClN4O5S. The van der Waals surface area contributed by atoms with Crippen molar-refractivity contribution in [3.8, 4) is 17.1 Å².